The highest BCUT2D eigenvalue weighted by Gasteiger charge is 2.70. The molecular formula is C35H60O4. The summed E-state index contributed by atoms with van der Waals surface area (Å²) in [7, 11) is 1.73. The van der Waals surface area contributed by atoms with Crippen molar-refractivity contribution in [2.45, 2.75) is 138 Å². The van der Waals surface area contributed by atoms with Crippen LogP contribution in [0.1, 0.15) is 120 Å². The van der Waals surface area contributed by atoms with Crippen LogP contribution in [0.25, 0.3) is 0 Å². The second-order valence-corrected chi connectivity index (χ2v) is 17.2. The minimum absolute atomic E-state index is 0.0348. The molecule has 0 amide bonds. The molecule has 0 aromatic rings. The molecule has 0 spiro atoms. The quantitative estimate of drug-likeness (QED) is 0.274. The number of fused-ring (bicyclic) bond motifs is 7. The maximum atomic E-state index is 12.3. The van der Waals surface area contributed by atoms with E-state index in [9.17, 15) is 10.2 Å². The first-order chi connectivity index (χ1) is 18.0. The zero-order chi connectivity index (χ0) is 28.8. The highest BCUT2D eigenvalue weighted by Crippen LogP contribution is 2.76. The van der Waals surface area contributed by atoms with Crippen molar-refractivity contribution in [1.82, 2.24) is 0 Å². The Kier molecular flexibility index (Phi) is 7.36. The van der Waals surface area contributed by atoms with E-state index in [0.29, 0.717) is 24.5 Å². The fraction of sp³-hybridized carbons (Fsp3) is 0.943. The molecule has 0 aromatic heterocycles. The molecule has 39 heavy (non-hydrogen) atoms. The molecule has 0 radical (unpaired) electrons. The van der Waals surface area contributed by atoms with Crippen molar-refractivity contribution >= 4 is 0 Å². The smallest absolute Gasteiger partial charge is 0.146 e. The molecule has 0 aromatic carbocycles. The number of allylic oxidation sites excluding steroid dienone is 1. The Morgan fingerprint density at radius 3 is 2.21 bits per heavy atom. The molecule has 4 heteroatoms. The summed E-state index contributed by atoms with van der Waals surface area (Å²) in [6.07, 6.45) is 11.9. The topological polar surface area (TPSA) is 58.9 Å². The van der Waals surface area contributed by atoms with Crippen molar-refractivity contribution in [3.8, 4) is 0 Å². The lowest BCUT2D eigenvalue weighted by Gasteiger charge is -2.72. The molecule has 0 heterocycles. The third-order valence-electron chi connectivity index (χ3n) is 14.2. The van der Waals surface area contributed by atoms with Gasteiger partial charge in [0.2, 0.25) is 0 Å². The van der Waals surface area contributed by atoms with Crippen LogP contribution in [-0.4, -0.2) is 42.4 Å². The third kappa shape index (κ3) is 4.11. The van der Waals surface area contributed by atoms with Gasteiger partial charge in [-0.25, -0.2) is 0 Å². The summed E-state index contributed by atoms with van der Waals surface area (Å²) in [6.45, 7) is 22.1. The first-order valence-electron chi connectivity index (χ1n) is 16.2. The lowest BCUT2D eigenvalue weighted by atomic mass is 9.33. The maximum Gasteiger partial charge on any atom is 0.146 e. The number of ether oxygens (including phenoxy) is 2. The van der Waals surface area contributed by atoms with Crippen LogP contribution in [0.2, 0.25) is 0 Å². The van der Waals surface area contributed by atoms with Gasteiger partial charge >= 0.3 is 0 Å². The zero-order valence-corrected chi connectivity index (χ0v) is 26.9. The summed E-state index contributed by atoms with van der Waals surface area (Å²) >= 11 is 0. The van der Waals surface area contributed by atoms with Crippen LogP contribution >= 0.6 is 0 Å². The van der Waals surface area contributed by atoms with E-state index in [1.54, 1.807) is 7.11 Å². The van der Waals surface area contributed by atoms with Crippen LogP contribution < -0.4 is 0 Å². The van der Waals surface area contributed by atoms with E-state index in [1.807, 2.05) is 0 Å². The predicted octanol–water partition coefficient (Wildman–Crippen LogP) is 7.76. The SMILES string of the molecule is COCOC(C(C)C)[C@]12CCC(C)(C)C[C@H]1[C@H]1[C@H](O)C=C3[C@@]4(C)CC[C@H](O)C(C)(C)[C@@H]4CC[C@@]3(C)[C@]1(C)CC2. The van der Waals surface area contributed by atoms with Crippen LogP contribution in [0.5, 0.6) is 0 Å². The van der Waals surface area contributed by atoms with Gasteiger partial charge in [-0.05, 0) is 109 Å². The molecular weight excluding hydrogens is 484 g/mol. The Morgan fingerprint density at radius 2 is 1.56 bits per heavy atom. The van der Waals surface area contributed by atoms with Crippen molar-refractivity contribution in [2.75, 3.05) is 13.9 Å². The average molecular weight is 545 g/mol. The summed E-state index contributed by atoms with van der Waals surface area (Å²) < 4.78 is 12.0. The van der Waals surface area contributed by atoms with E-state index in [0.717, 1.165) is 32.1 Å². The van der Waals surface area contributed by atoms with E-state index in [4.69, 9.17) is 9.47 Å². The number of hydrogen-bond donors (Lipinski definition) is 2. The molecule has 0 saturated heterocycles. The Morgan fingerprint density at radius 1 is 0.897 bits per heavy atom. The summed E-state index contributed by atoms with van der Waals surface area (Å²) in [6, 6.07) is 0. The predicted molar refractivity (Wildman–Crippen MR) is 158 cm³/mol. The summed E-state index contributed by atoms with van der Waals surface area (Å²) in [5.41, 5.74) is 1.91. The zero-order valence-electron chi connectivity index (χ0n) is 26.9. The molecule has 224 valence electrons. The van der Waals surface area contributed by atoms with Crippen LogP contribution in [0, 0.1) is 56.2 Å². The minimum atomic E-state index is -0.433. The van der Waals surface area contributed by atoms with E-state index in [-0.39, 0.29) is 50.6 Å². The standard InChI is InChI=1S/C35H60O4/c1-22(2)29(39-21-38-10)35-17-15-30(3,4)20-23(35)28-24(36)19-26-32(7)13-12-27(37)31(5,6)25(32)11-14-33(26,8)34(28,9)16-18-35/h19,22-25,27-29,36-37H,11-18,20-21H2,1-10H3/t23-,24+,25-,27-,28-,29?,32-,33+,34+,35-/m0/s1. The minimum Gasteiger partial charge on any atom is -0.393 e. The fourth-order valence-corrected chi connectivity index (χ4v) is 12.0. The third-order valence-corrected chi connectivity index (χ3v) is 14.2. The van der Waals surface area contributed by atoms with Gasteiger partial charge < -0.3 is 19.7 Å². The lowest BCUT2D eigenvalue weighted by Crippen LogP contribution is -2.67. The molecule has 2 N–H and O–H groups in total. The molecule has 1 unspecified atom stereocenters. The van der Waals surface area contributed by atoms with Crippen LogP contribution in [-0.2, 0) is 9.47 Å². The van der Waals surface area contributed by atoms with Crippen molar-refractivity contribution in [2.24, 2.45) is 56.2 Å². The normalized spacial score (nSPS) is 49.3. The molecule has 4 fully saturated rings. The van der Waals surface area contributed by atoms with E-state index in [2.05, 4.69) is 68.4 Å². The number of hydrogen-bond acceptors (Lipinski definition) is 4. The van der Waals surface area contributed by atoms with Crippen molar-refractivity contribution in [3.05, 3.63) is 11.6 Å². The Hall–Kier alpha value is -0.420. The summed E-state index contributed by atoms with van der Waals surface area (Å²) in [5, 5.41) is 23.4. The highest BCUT2D eigenvalue weighted by molar-refractivity contribution is 5.37. The van der Waals surface area contributed by atoms with Crippen molar-refractivity contribution < 1.29 is 19.7 Å². The molecule has 4 saturated carbocycles. The molecule has 5 aliphatic carbocycles. The molecule has 10 atom stereocenters. The van der Waals surface area contributed by atoms with E-state index < -0.39 is 6.10 Å². The number of aliphatic hydroxyl groups is 2. The average Bonchev–Trinajstić information content (AvgIpc) is 2.83. The first kappa shape index (κ1) is 30.1. The van der Waals surface area contributed by atoms with Crippen LogP contribution in [0.3, 0.4) is 0 Å². The molecule has 5 rings (SSSR count). The second-order valence-electron chi connectivity index (χ2n) is 17.2. The highest BCUT2D eigenvalue weighted by atomic mass is 16.7. The summed E-state index contributed by atoms with van der Waals surface area (Å²) in [5.74, 6) is 1.50. The number of methoxy groups -OCH3 is 1. The van der Waals surface area contributed by atoms with Gasteiger partial charge in [-0.3, -0.25) is 0 Å². The van der Waals surface area contributed by atoms with E-state index in [1.165, 1.54) is 31.3 Å². The van der Waals surface area contributed by atoms with E-state index >= 15 is 0 Å². The van der Waals surface area contributed by atoms with Gasteiger partial charge in [-0.15, -0.1) is 0 Å². The van der Waals surface area contributed by atoms with Gasteiger partial charge in [0.1, 0.15) is 6.79 Å². The van der Waals surface area contributed by atoms with Gasteiger partial charge in [-0.2, -0.15) is 0 Å². The summed E-state index contributed by atoms with van der Waals surface area (Å²) in [4.78, 5) is 0. The van der Waals surface area contributed by atoms with Gasteiger partial charge in [-0.1, -0.05) is 74.0 Å². The first-order valence-corrected chi connectivity index (χ1v) is 16.2. The Labute approximate surface area is 239 Å². The molecule has 0 aliphatic heterocycles. The van der Waals surface area contributed by atoms with Crippen LogP contribution in [0.15, 0.2) is 11.6 Å². The van der Waals surface area contributed by atoms with Crippen LogP contribution in [0.4, 0.5) is 0 Å². The maximum absolute atomic E-state index is 12.3. The number of rotatable bonds is 5. The van der Waals surface area contributed by atoms with Crippen molar-refractivity contribution in [1.29, 1.82) is 0 Å². The van der Waals surface area contributed by atoms with Gasteiger partial charge in [0.25, 0.3) is 0 Å². The second kappa shape index (κ2) is 9.55. The Bertz CT molecular complexity index is 968. The largest absolute Gasteiger partial charge is 0.393 e. The van der Waals surface area contributed by atoms with Gasteiger partial charge in [0, 0.05) is 12.5 Å². The molecule has 0 bridgehead atoms. The van der Waals surface area contributed by atoms with Crippen molar-refractivity contribution in [3.63, 3.8) is 0 Å². The molecule has 4 nitrogen and oxygen atoms in total. The lowest BCUT2D eigenvalue weighted by molar-refractivity contribution is -0.241. The fourth-order valence-electron chi connectivity index (χ4n) is 12.0. The number of aliphatic hydroxyl groups excluding tert-OH is 2. The monoisotopic (exact) mass is 544 g/mol. The molecule has 5 aliphatic rings. The Balaban J connectivity index is 1.62. The van der Waals surface area contributed by atoms with Gasteiger partial charge in [0.05, 0.1) is 18.3 Å². The van der Waals surface area contributed by atoms with Gasteiger partial charge in [0.15, 0.2) is 0 Å².